The van der Waals surface area contributed by atoms with Crippen molar-refractivity contribution in [3.8, 4) is 0 Å². The third-order valence-electron chi connectivity index (χ3n) is 6.40. The lowest BCUT2D eigenvalue weighted by Gasteiger charge is -2.47. The highest BCUT2D eigenvalue weighted by atomic mass is 28.2. The minimum atomic E-state index is -0.562. The molecule has 0 fully saturated rings. The van der Waals surface area contributed by atoms with Crippen LogP contribution in [0.15, 0.2) is 0 Å². The molecule has 0 aromatic rings. The van der Waals surface area contributed by atoms with Gasteiger partial charge in [0, 0.05) is 52.9 Å². The largest absolute Gasteiger partial charge is 0.360 e. The van der Waals surface area contributed by atoms with E-state index in [1.807, 2.05) is 0 Å². The van der Waals surface area contributed by atoms with Gasteiger partial charge in [0.25, 0.3) is 0 Å². The molecule has 10 heteroatoms. The van der Waals surface area contributed by atoms with Crippen molar-refractivity contribution >= 4 is 38.8 Å². The molecule has 0 bridgehead atoms. The minimum absolute atomic E-state index is 0.0256. The third-order valence-corrected chi connectivity index (χ3v) is 19.7. The number of rotatable bonds is 15. The molecule has 0 aliphatic heterocycles. The van der Waals surface area contributed by atoms with Gasteiger partial charge in [-0.3, -0.25) is 0 Å². The zero-order valence-electron chi connectivity index (χ0n) is 18.5. The molecule has 0 radical (unpaired) electrons. The highest BCUT2D eigenvalue weighted by molar-refractivity contribution is 6.49. The highest BCUT2D eigenvalue weighted by Gasteiger charge is 2.44. The second-order valence-electron chi connectivity index (χ2n) is 7.48. The molecule has 0 aliphatic carbocycles. The third kappa shape index (κ3) is 7.57. The van der Waals surface area contributed by atoms with Gasteiger partial charge in [-0.1, -0.05) is 20.8 Å². The number of hydrogen-bond acceptors (Lipinski definition) is 6. The van der Waals surface area contributed by atoms with Crippen LogP contribution >= 0.6 is 0 Å². The van der Waals surface area contributed by atoms with Gasteiger partial charge in [0.05, 0.1) is 28.6 Å². The summed E-state index contributed by atoms with van der Waals surface area (Å²) in [6.45, 7) is 7.22. The Hall–Kier alpha value is 0.628. The van der Waals surface area contributed by atoms with Crippen molar-refractivity contribution in [2.45, 2.75) is 60.2 Å². The van der Waals surface area contributed by atoms with Crippen LogP contribution < -0.4 is 0 Å². The minimum Gasteiger partial charge on any atom is -0.360 e. The Morgan fingerprint density at radius 2 is 0.731 bits per heavy atom. The quantitative estimate of drug-likeness (QED) is 0.244. The van der Waals surface area contributed by atoms with Gasteiger partial charge in [0.15, 0.2) is 0 Å². The van der Waals surface area contributed by atoms with Crippen LogP contribution in [0.4, 0.5) is 0 Å². The Morgan fingerprint density at radius 1 is 0.538 bits per heavy atom. The van der Waals surface area contributed by atoms with Gasteiger partial charge in [0.2, 0.25) is 0 Å². The lowest BCUT2D eigenvalue weighted by molar-refractivity contribution is -0.0470. The first kappa shape index (κ1) is 26.6. The normalized spacial score (nSPS) is 19.8. The van der Waals surface area contributed by atoms with E-state index in [0.29, 0.717) is 21.7 Å². The first-order valence-corrected chi connectivity index (χ1v) is 15.3. The van der Waals surface area contributed by atoms with E-state index >= 15 is 0 Å². The highest BCUT2D eigenvalue weighted by Crippen LogP contribution is 2.56. The maximum Gasteiger partial charge on any atom is 0.134 e. The van der Waals surface area contributed by atoms with Crippen LogP contribution in [0, 0.1) is 0 Å². The topological polar surface area (TPSA) is 55.4 Å². The van der Waals surface area contributed by atoms with Crippen molar-refractivity contribution in [3.63, 3.8) is 0 Å². The number of hydrogen-bond donors (Lipinski definition) is 0. The summed E-state index contributed by atoms with van der Waals surface area (Å²) in [6, 6.07) is 0. The van der Waals surface area contributed by atoms with Crippen LogP contribution in [0.5, 0.6) is 0 Å². The molecule has 0 saturated heterocycles. The Labute approximate surface area is 170 Å². The molecular weight excluding hydrogens is 401 g/mol. The van der Waals surface area contributed by atoms with Gasteiger partial charge < -0.3 is 28.4 Å². The molecular formula is C16H42O6Si4. The van der Waals surface area contributed by atoms with E-state index in [2.05, 4.69) is 20.8 Å². The maximum absolute atomic E-state index is 5.55. The first-order valence-electron chi connectivity index (χ1n) is 9.41. The zero-order valence-corrected chi connectivity index (χ0v) is 24.8. The van der Waals surface area contributed by atoms with Gasteiger partial charge >= 0.3 is 0 Å². The lowest BCUT2D eigenvalue weighted by atomic mass is 9.96. The van der Waals surface area contributed by atoms with E-state index in [-0.39, 0.29) is 17.7 Å². The predicted octanol–water partition coefficient (Wildman–Crippen LogP) is -0.829. The summed E-state index contributed by atoms with van der Waals surface area (Å²) in [5.74, 6) is -0.0768. The molecule has 3 unspecified atom stereocenters. The second kappa shape index (κ2) is 13.7. The van der Waals surface area contributed by atoms with Crippen molar-refractivity contribution in [3.05, 3.63) is 0 Å². The van der Waals surface area contributed by atoms with E-state index in [0.717, 1.165) is 10.2 Å². The zero-order chi connectivity index (χ0) is 20.3. The van der Waals surface area contributed by atoms with Crippen LogP contribution in [0.3, 0.4) is 0 Å². The molecule has 0 spiro atoms. The maximum atomic E-state index is 5.55. The Morgan fingerprint density at radius 3 is 0.885 bits per heavy atom. The number of methoxy groups -OCH3 is 6. The summed E-state index contributed by atoms with van der Waals surface area (Å²) in [5.41, 5.74) is 1.85. The summed E-state index contributed by atoms with van der Waals surface area (Å²) in [7, 11) is 9.92. The average Bonchev–Trinajstić information content (AvgIpc) is 2.66. The SMILES string of the molecule is COC(OC)[SiH2]C(C)C([SiH3])(C(C)[SiH2]C(OC)OC)C(C)[SiH2]C(OC)OC. The fourth-order valence-corrected chi connectivity index (χ4v) is 13.9. The van der Waals surface area contributed by atoms with Gasteiger partial charge in [-0.05, 0) is 21.7 Å². The molecule has 0 rings (SSSR count). The van der Waals surface area contributed by atoms with E-state index < -0.39 is 28.6 Å². The molecule has 0 saturated carbocycles. The molecule has 0 N–H and O–H groups in total. The summed E-state index contributed by atoms with van der Waals surface area (Å²) in [6.07, 6.45) is 0. The number of ether oxygens (including phenoxy) is 6. The summed E-state index contributed by atoms with van der Waals surface area (Å²) in [4.78, 5) is 0. The van der Waals surface area contributed by atoms with Crippen LogP contribution in [0.25, 0.3) is 0 Å². The van der Waals surface area contributed by atoms with Crippen LogP contribution in [-0.2, 0) is 28.4 Å². The van der Waals surface area contributed by atoms with Crippen molar-refractivity contribution in [2.24, 2.45) is 0 Å². The van der Waals surface area contributed by atoms with Crippen LogP contribution in [0.2, 0.25) is 21.7 Å². The molecule has 3 atom stereocenters. The van der Waals surface area contributed by atoms with E-state index in [4.69, 9.17) is 28.4 Å². The monoisotopic (exact) mass is 442 g/mol. The summed E-state index contributed by atoms with van der Waals surface area (Å²) < 4.78 is 33.3. The molecule has 0 aromatic heterocycles. The average molecular weight is 443 g/mol. The fourth-order valence-electron chi connectivity index (χ4n) is 3.95. The van der Waals surface area contributed by atoms with E-state index in [1.54, 1.807) is 42.7 Å². The first-order chi connectivity index (χ1) is 12.2. The van der Waals surface area contributed by atoms with Crippen molar-refractivity contribution < 1.29 is 28.4 Å². The fraction of sp³-hybridized carbons (Fsp3) is 1.00. The predicted molar refractivity (Wildman–Crippen MR) is 120 cm³/mol. The summed E-state index contributed by atoms with van der Waals surface area (Å²) >= 11 is 0. The van der Waals surface area contributed by atoms with E-state index in [9.17, 15) is 0 Å². The molecule has 0 aromatic carbocycles. The molecule has 158 valence electrons. The Balaban J connectivity index is 5.52. The van der Waals surface area contributed by atoms with E-state index in [1.165, 1.54) is 0 Å². The van der Waals surface area contributed by atoms with Crippen molar-refractivity contribution in [1.82, 2.24) is 0 Å². The Bertz CT molecular complexity index is 303. The van der Waals surface area contributed by atoms with Crippen molar-refractivity contribution in [1.29, 1.82) is 0 Å². The smallest absolute Gasteiger partial charge is 0.134 e. The van der Waals surface area contributed by atoms with Crippen LogP contribution in [0.1, 0.15) is 20.8 Å². The molecule has 26 heavy (non-hydrogen) atoms. The van der Waals surface area contributed by atoms with Gasteiger partial charge in [-0.15, -0.1) is 0 Å². The lowest BCUT2D eigenvalue weighted by Crippen LogP contribution is -2.42. The van der Waals surface area contributed by atoms with Gasteiger partial charge in [-0.2, -0.15) is 0 Å². The van der Waals surface area contributed by atoms with Gasteiger partial charge in [0.1, 0.15) is 17.7 Å². The van der Waals surface area contributed by atoms with Gasteiger partial charge in [-0.25, -0.2) is 0 Å². The second-order valence-corrected chi connectivity index (χ2v) is 16.3. The molecule has 6 nitrogen and oxygen atoms in total. The van der Waals surface area contributed by atoms with Crippen molar-refractivity contribution in [2.75, 3.05) is 42.7 Å². The standard InChI is InChI=1S/C16H42O6Si4/c1-10(24-13(17-4)18-5)16(23,11(2)25-14(19-6)20-7)12(3)26-15(21-8)22-9/h10-15H,24-26H2,1-9,23H3. The molecule has 0 amide bonds. The summed E-state index contributed by atoms with van der Waals surface area (Å²) in [5, 5.41) is 0.310. The molecule has 0 aliphatic rings. The molecule has 0 heterocycles. The Kier molecular flexibility index (Phi) is 14.1. The van der Waals surface area contributed by atoms with Crippen LogP contribution in [-0.4, -0.2) is 99.2 Å².